The Labute approximate surface area is 67.6 Å². The zero-order valence-corrected chi connectivity index (χ0v) is 6.32. The van der Waals surface area contributed by atoms with E-state index in [0.29, 0.717) is 6.08 Å². The van der Waals surface area contributed by atoms with Gasteiger partial charge in [0.15, 0.2) is 0 Å². The molecule has 0 nitrogen and oxygen atoms in total. The van der Waals surface area contributed by atoms with Crippen molar-refractivity contribution in [2.75, 3.05) is 0 Å². The fourth-order valence-electron chi connectivity index (χ4n) is 1.00. The summed E-state index contributed by atoms with van der Waals surface area (Å²) in [6, 6.07) is 0. The van der Waals surface area contributed by atoms with Gasteiger partial charge in [0.1, 0.15) is 5.83 Å². The van der Waals surface area contributed by atoms with Crippen molar-refractivity contribution < 1.29 is 17.6 Å². The van der Waals surface area contributed by atoms with Crippen molar-refractivity contribution in [1.29, 1.82) is 0 Å². The van der Waals surface area contributed by atoms with Crippen LogP contribution in [0, 0.1) is 12.3 Å². The molecule has 1 atom stereocenters. The molecule has 1 aliphatic carbocycles. The third-order valence-corrected chi connectivity index (χ3v) is 1.49. The van der Waals surface area contributed by atoms with Crippen LogP contribution in [0.4, 0.5) is 17.6 Å². The molecule has 0 amide bonds. The summed E-state index contributed by atoms with van der Waals surface area (Å²) in [6.45, 7) is 1.50. The summed E-state index contributed by atoms with van der Waals surface area (Å²) in [5.74, 6) is -1.32. The van der Waals surface area contributed by atoms with E-state index in [0.717, 1.165) is 12.5 Å². The lowest BCUT2D eigenvalue weighted by Crippen LogP contribution is -2.14. The van der Waals surface area contributed by atoms with Gasteiger partial charge in [-0.05, 0) is 12.0 Å². The van der Waals surface area contributed by atoms with Crippen LogP contribution in [0.3, 0.4) is 0 Å². The van der Waals surface area contributed by atoms with Crippen molar-refractivity contribution in [3.63, 3.8) is 0 Å². The molecule has 0 bridgehead atoms. The molecule has 0 aliphatic heterocycles. The van der Waals surface area contributed by atoms with Gasteiger partial charge in [-0.1, -0.05) is 13.0 Å². The van der Waals surface area contributed by atoms with Crippen molar-refractivity contribution in [3.05, 3.63) is 30.0 Å². The molecule has 0 heterocycles. The van der Waals surface area contributed by atoms with Gasteiger partial charge in [0.05, 0.1) is 5.57 Å². The molecule has 1 aliphatic rings. The largest absolute Gasteiger partial charge is 0.416 e. The normalized spacial score (nSPS) is 24.9. The molecule has 0 aromatic carbocycles. The predicted molar refractivity (Wildman–Crippen MR) is 36.8 cm³/mol. The van der Waals surface area contributed by atoms with Gasteiger partial charge in [-0.3, -0.25) is 0 Å². The van der Waals surface area contributed by atoms with Crippen LogP contribution in [0.5, 0.6) is 0 Å². The lowest BCUT2D eigenvalue weighted by molar-refractivity contribution is -0.0889. The lowest BCUT2D eigenvalue weighted by Gasteiger charge is -2.15. The SMILES string of the molecule is CC1[CH]C(F)=CC(C(F)(F)F)=C1. The summed E-state index contributed by atoms with van der Waals surface area (Å²) in [6.07, 6.45) is -1.82. The molecular formula is C8H7F4. The zero-order chi connectivity index (χ0) is 9.35. The summed E-state index contributed by atoms with van der Waals surface area (Å²) in [5, 5.41) is 0. The predicted octanol–water partition coefficient (Wildman–Crippen LogP) is 3.18. The first-order chi connectivity index (χ1) is 5.39. The quantitative estimate of drug-likeness (QED) is 0.501. The Morgan fingerprint density at radius 3 is 2.33 bits per heavy atom. The number of allylic oxidation sites excluding steroid dienone is 4. The van der Waals surface area contributed by atoms with Crippen LogP contribution < -0.4 is 0 Å². The third kappa shape index (κ3) is 2.09. The summed E-state index contributed by atoms with van der Waals surface area (Å²) < 4.78 is 48.5. The van der Waals surface area contributed by atoms with Crippen molar-refractivity contribution in [2.45, 2.75) is 13.1 Å². The van der Waals surface area contributed by atoms with E-state index >= 15 is 0 Å². The van der Waals surface area contributed by atoms with Crippen LogP contribution in [0.2, 0.25) is 0 Å². The Kier molecular flexibility index (Phi) is 2.26. The first-order valence-corrected chi connectivity index (χ1v) is 3.40. The van der Waals surface area contributed by atoms with Crippen LogP contribution in [0.25, 0.3) is 0 Å². The second kappa shape index (κ2) is 2.92. The fraction of sp³-hybridized carbons (Fsp3) is 0.375. The molecule has 1 unspecified atom stereocenters. The molecule has 0 N–H and O–H groups in total. The molecule has 0 aromatic heterocycles. The Morgan fingerprint density at radius 1 is 1.33 bits per heavy atom. The maximum Gasteiger partial charge on any atom is 0.416 e. The fourth-order valence-corrected chi connectivity index (χ4v) is 1.00. The Morgan fingerprint density at radius 2 is 1.92 bits per heavy atom. The maximum atomic E-state index is 12.5. The molecule has 0 fully saturated rings. The van der Waals surface area contributed by atoms with Crippen LogP contribution in [0.1, 0.15) is 6.92 Å². The Hall–Kier alpha value is -0.800. The van der Waals surface area contributed by atoms with E-state index in [1.54, 1.807) is 0 Å². The van der Waals surface area contributed by atoms with E-state index in [4.69, 9.17) is 0 Å². The first-order valence-electron chi connectivity index (χ1n) is 3.40. The lowest BCUT2D eigenvalue weighted by atomic mass is 9.97. The van der Waals surface area contributed by atoms with E-state index in [9.17, 15) is 17.6 Å². The average molecular weight is 179 g/mol. The highest BCUT2D eigenvalue weighted by Gasteiger charge is 2.34. The first kappa shape index (κ1) is 9.29. The van der Waals surface area contributed by atoms with Gasteiger partial charge >= 0.3 is 6.18 Å². The van der Waals surface area contributed by atoms with Crippen molar-refractivity contribution in [2.24, 2.45) is 5.92 Å². The molecule has 1 radical (unpaired) electrons. The zero-order valence-electron chi connectivity index (χ0n) is 6.32. The molecule has 12 heavy (non-hydrogen) atoms. The number of hydrogen-bond acceptors (Lipinski definition) is 0. The topological polar surface area (TPSA) is 0 Å². The van der Waals surface area contributed by atoms with Gasteiger partial charge < -0.3 is 0 Å². The van der Waals surface area contributed by atoms with E-state index < -0.39 is 23.5 Å². The highest BCUT2D eigenvalue weighted by Crippen LogP contribution is 2.33. The maximum absolute atomic E-state index is 12.5. The summed E-state index contributed by atoms with van der Waals surface area (Å²) in [4.78, 5) is 0. The van der Waals surface area contributed by atoms with Crippen LogP contribution in [-0.2, 0) is 0 Å². The van der Waals surface area contributed by atoms with Crippen molar-refractivity contribution in [1.82, 2.24) is 0 Å². The van der Waals surface area contributed by atoms with Gasteiger partial charge in [-0.25, -0.2) is 4.39 Å². The number of rotatable bonds is 0. The number of hydrogen-bond donors (Lipinski definition) is 0. The minimum Gasteiger partial charge on any atom is -0.211 e. The van der Waals surface area contributed by atoms with Gasteiger partial charge in [0.25, 0.3) is 0 Å². The molecule has 0 spiro atoms. The van der Waals surface area contributed by atoms with E-state index in [2.05, 4.69) is 0 Å². The molecule has 1 rings (SSSR count). The van der Waals surface area contributed by atoms with Crippen LogP contribution in [0.15, 0.2) is 23.6 Å². The summed E-state index contributed by atoms with van der Waals surface area (Å²) >= 11 is 0. The monoisotopic (exact) mass is 179 g/mol. The van der Waals surface area contributed by atoms with Crippen molar-refractivity contribution >= 4 is 0 Å². The van der Waals surface area contributed by atoms with E-state index in [-0.39, 0.29) is 0 Å². The highest BCUT2D eigenvalue weighted by atomic mass is 19.4. The van der Waals surface area contributed by atoms with Crippen LogP contribution >= 0.6 is 0 Å². The highest BCUT2D eigenvalue weighted by molar-refractivity contribution is 5.34. The average Bonchev–Trinajstić information content (AvgIpc) is 1.82. The molecule has 0 aromatic rings. The molecule has 67 valence electrons. The molecular weight excluding hydrogens is 172 g/mol. The number of halogens is 4. The third-order valence-electron chi connectivity index (χ3n) is 1.49. The van der Waals surface area contributed by atoms with Gasteiger partial charge in [-0.2, -0.15) is 13.2 Å². The summed E-state index contributed by atoms with van der Waals surface area (Å²) in [5.41, 5.74) is -0.907. The second-order valence-corrected chi connectivity index (χ2v) is 2.67. The van der Waals surface area contributed by atoms with E-state index in [1.165, 1.54) is 6.92 Å². The Bertz CT molecular complexity index is 234. The minimum absolute atomic E-state index is 0.494. The van der Waals surface area contributed by atoms with Gasteiger partial charge in [0, 0.05) is 6.42 Å². The smallest absolute Gasteiger partial charge is 0.211 e. The Balaban J connectivity index is 2.91. The van der Waals surface area contributed by atoms with Gasteiger partial charge in [-0.15, -0.1) is 0 Å². The molecule has 0 saturated carbocycles. The standard InChI is InChI=1S/C8H7F4/c1-5-2-6(8(10,11)12)4-7(9)3-5/h2-5H,1H3. The molecule has 4 heteroatoms. The summed E-state index contributed by atoms with van der Waals surface area (Å²) in [7, 11) is 0. The van der Waals surface area contributed by atoms with E-state index in [1.807, 2.05) is 0 Å². The van der Waals surface area contributed by atoms with Gasteiger partial charge in [0.2, 0.25) is 0 Å². The second-order valence-electron chi connectivity index (χ2n) is 2.67. The van der Waals surface area contributed by atoms with Crippen LogP contribution in [-0.4, -0.2) is 6.18 Å². The minimum atomic E-state index is -4.44. The molecule has 0 saturated heterocycles. The van der Waals surface area contributed by atoms with Crippen molar-refractivity contribution in [3.8, 4) is 0 Å². The number of alkyl halides is 3.